The minimum atomic E-state index is -1.89. The van der Waals surface area contributed by atoms with Crippen LogP contribution in [-0.4, -0.2) is 25.0 Å². The predicted octanol–water partition coefficient (Wildman–Crippen LogP) is 14.9. The van der Waals surface area contributed by atoms with Gasteiger partial charge in [0.1, 0.15) is 0 Å². The van der Waals surface area contributed by atoms with E-state index in [2.05, 4.69) is 27.7 Å². The van der Waals surface area contributed by atoms with Gasteiger partial charge in [0.15, 0.2) is 0 Å². The number of rotatable bonds is 35. The van der Waals surface area contributed by atoms with Gasteiger partial charge >= 0.3 is 0 Å². The first kappa shape index (κ1) is 45.3. The van der Waals surface area contributed by atoms with Gasteiger partial charge in [0.05, 0.1) is 7.14 Å². The van der Waals surface area contributed by atoms with Crippen LogP contribution in [0.25, 0.3) is 0 Å². The van der Waals surface area contributed by atoms with Crippen LogP contribution in [0.5, 0.6) is 0 Å². The predicted molar refractivity (Wildman–Crippen MR) is 202 cm³/mol. The Balaban J connectivity index is 0. The van der Waals surface area contributed by atoms with Crippen LogP contribution in [-0.2, 0) is 4.57 Å². The summed E-state index contributed by atoms with van der Waals surface area (Å²) in [5, 5.41) is 0. The molecule has 3 heteroatoms. The minimum Gasteiger partial charge on any atom is -0.330 e. The number of hydrogen-bond acceptors (Lipinski definition) is 2. The van der Waals surface area contributed by atoms with Crippen LogP contribution < -0.4 is 5.73 Å². The molecule has 0 atom stereocenters. The van der Waals surface area contributed by atoms with Crippen molar-refractivity contribution in [1.29, 1.82) is 0 Å². The highest BCUT2D eigenvalue weighted by atomic mass is 31.2. The number of hydrogen-bond donors (Lipinski definition) is 1. The highest BCUT2D eigenvalue weighted by molar-refractivity contribution is 7.63. The van der Waals surface area contributed by atoms with E-state index in [0.717, 1.165) is 25.0 Å². The largest absolute Gasteiger partial charge is 0.330 e. The average Bonchev–Trinajstić information content (AvgIpc) is 3.01. The van der Waals surface area contributed by atoms with E-state index in [0.29, 0.717) is 0 Å². The van der Waals surface area contributed by atoms with Crippen LogP contribution >= 0.6 is 7.14 Å². The molecule has 0 aromatic heterocycles. The molecule has 43 heavy (non-hydrogen) atoms. The molecule has 2 N–H and O–H groups in total. The zero-order chi connectivity index (χ0) is 32.0. The van der Waals surface area contributed by atoms with Gasteiger partial charge in [0.25, 0.3) is 0 Å². The lowest BCUT2D eigenvalue weighted by molar-refractivity contribution is 0.536. The Bertz CT molecular complexity index is 461. The molecular weight excluding hydrogens is 541 g/mol. The summed E-state index contributed by atoms with van der Waals surface area (Å²) >= 11 is 0. The summed E-state index contributed by atoms with van der Waals surface area (Å²) in [5.41, 5.74) is 5.47. The van der Waals surface area contributed by atoms with Crippen LogP contribution in [0.4, 0.5) is 0 Å². The molecule has 0 aliphatic carbocycles. The van der Waals surface area contributed by atoms with Crippen molar-refractivity contribution in [2.45, 2.75) is 233 Å². The van der Waals surface area contributed by atoms with E-state index >= 15 is 0 Å². The summed E-state index contributed by atoms with van der Waals surface area (Å²) in [5.74, 6) is 0. The van der Waals surface area contributed by atoms with Gasteiger partial charge in [-0.15, -0.1) is 0 Å². The third-order valence-corrected chi connectivity index (χ3v) is 12.7. The van der Waals surface area contributed by atoms with Crippen molar-refractivity contribution in [3.8, 4) is 0 Å². The van der Waals surface area contributed by atoms with E-state index in [-0.39, 0.29) is 0 Å². The molecule has 0 aliphatic rings. The summed E-state index contributed by atoms with van der Waals surface area (Å²) < 4.78 is 13.5. The molecule has 0 aromatic carbocycles. The van der Waals surface area contributed by atoms with E-state index in [9.17, 15) is 4.57 Å². The molecule has 0 saturated heterocycles. The highest BCUT2D eigenvalue weighted by Crippen LogP contribution is 2.48. The molecule has 0 spiro atoms. The molecule has 0 unspecified atom stereocenters. The van der Waals surface area contributed by atoms with Crippen molar-refractivity contribution in [3.05, 3.63) is 0 Å². The second kappa shape index (κ2) is 40.2. The molecule has 0 bridgehead atoms. The van der Waals surface area contributed by atoms with Crippen molar-refractivity contribution in [1.82, 2.24) is 0 Å². The van der Waals surface area contributed by atoms with Crippen LogP contribution in [0, 0.1) is 0 Å². The fourth-order valence-corrected chi connectivity index (χ4v) is 9.29. The zero-order valence-electron chi connectivity index (χ0n) is 30.9. The first-order valence-corrected chi connectivity index (χ1v) is 22.6. The van der Waals surface area contributed by atoms with E-state index in [1.807, 2.05) is 0 Å². The Hall–Kier alpha value is 0.190. The molecule has 0 radical (unpaired) electrons. The Labute approximate surface area is 275 Å². The quantitative estimate of drug-likeness (QED) is 0.0561. The van der Waals surface area contributed by atoms with Gasteiger partial charge in [-0.05, 0) is 32.2 Å². The second-order valence-corrected chi connectivity index (χ2v) is 17.4. The van der Waals surface area contributed by atoms with Crippen LogP contribution in [0.1, 0.15) is 233 Å². The van der Waals surface area contributed by atoms with Crippen molar-refractivity contribution < 1.29 is 4.57 Å². The molecule has 2 nitrogen and oxygen atoms in total. The summed E-state index contributed by atoms with van der Waals surface area (Å²) in [6.45, 7) is 9.98. The van der Waals surface area contributed by atoms with Crippen LogP contribution in [0.15, 0.2) is 0 Å². The molecule has 0 aliphatic heterocycles. The van der Waals surface area contributed by atoms with Gasteiger partial charge in [-0.1, -0.05) is 207 Å². The first-order chi connectivity index (χ1) is 21.1. The fourth-order valence-electron chi connectivity index (χ4n) is 6.22. The third-order valence-electron chi connectivity index (χ3n) is 9.32. The molecule has 0 amide bonds. The van der Waals surface area contributed by atoms with E-state index in [1.54, 1.807) is 0 Å². The Morgan fingerprint density at radius 1 is 0.302 bits per heavy atom. The topological polar surface area (TPSA) is 43.1 Å². The second-order valence-electron chi connectivity index (χ2n) is 13.9. The molecule has 262 valence electrons. The van der Waals surface area contributed by atoms with Crippen molar-refractivity contribution in [2.24, 2.45) is 5.73 Å². The smallest absolute Gasteiger partial charge is 0.0877 e. The van der Waals surface area contributed by atoms with E-state index in [4.69, 9.17) is 5.73 Å². The Kier molecular flexibility index (Phi) is 42.4. The molecule has 0 heterocycles. The molecule has 0 aromatic rings. The summed E-state index contributed by atoms with van der Waals surface area (Å²) in [6, 6.07) is 0. The van der Waals surface area contributed by atoms with Crippen molar-refractivity contribution in [3.63, 3.8) is 0 Å². The molecule has 0 saturated carbocycles. The van der Waals surface area contributed by atoms with Gasteiger partial charge in [-0.2, -0.15) is 0 Å². The van der Waals surface area contributed by atoms with E-state index < -0.39 is 7.14 Å². The van der Waals surface area contributed by atoms with Crippen molar-refractivity contribution in [2.75, 3.05) is 25.0 Å². The highest BCUT2D eigenvalue weighted by Gasteiger charge is 2.20. The maximum Gasteiger partial charge on any atom is 0.0877 e. The molecule has 0 rings (SSSR count). The van der Waals surface area contributed by atoms with Gasteiger partial charge in [-0.25, -0.2) is 0 Å². The first-order valence-electron chi connectivity index (χ1n) is 20.4. The minimum absolute atomic E-state index is 0.873. The zero-order valence-corrected chi connectivity index (χ0v) is 31.8. The van der Waals surface area contributed by atoms with Gasteiger partial charge in [0.2, 0.25) is 0 Å². The third kappa shape index (κ3) is 40.2. The lowest BCUT2D eigenvalue weighted by Crippen LogP contribution is -2.02. The number of nitrogens with two attached hydrogens (primary N) is 1. The SMILES string of the molecule is CCCCCCCCCCCCCCCCN.CCCCCCCCP(=O)(CCCCCCCC)CCCCCCCC. The lowest BCUT2D eigenvalue weighted by Gasteiger charge is -2.18. The normalized spacial score (nSPS) is 11.6. The van der Waals surface area contributed by atoms with Crippen molar-refractivity contribution >= 4 is 7.14 Å². The Morgan fingerprint density at radius 3 is 0.698 bits per heavy atom. The molecule has 0 fully saturated rings. The maximum absolute atomic E-state index is 13.5. The average molecular weight is 628 g/mol. The van der Waals surface area contributed by atoms with Gasteiger partial charge in [-0.3, -0.25) is 0 Å². The summed E-state index contributed by atoms with van der Waals surface area (Å²) in [7, 11) is -1.89. The maximum atomic E-state index is 13.5. The fraction of sp³-hybridized carbons (Fsp3) is 1.00. The van der Waals surface area contributed by atoms with Gasteiger partial charge < -0.3 is 10.3 Å². The van der Waals surface area contributed by atoms with Gasteiger partial charge in [0, 0.05) is 18.5 Å². The van der Waals surface area contributed by atoms with E-state index in [1.165, 1.54) is 205 Å². The van der Waals surface area contributed by atoms with Crippen LogP contribution in [0.3, 0.4) is 0 Å². The number of unbranched alkanes of at least 4 members (excludes halogenated alkanes) is 28. The standard InChI is InChI=1S/C24H51OP.C16H35N/c1-4-7-10-13-16-19-22-26(25,23-20-17-14-11-8-5-2)24-21-18-15-12-9-6-3;1-2-3-4-5-6-7-8-9-10-11-12-13-14-15-16-17/h4-24H2,1-3H3;2-17H2,1H3. The lowest BCUT2D eigenvalue weighted by atomic mass is 10.0. The van der Waals surface area contributed by atoms with Crippen LogP contribution in [0.2, 0.25) is 0 Å². The summed E-state index contributed by atoms with van der Waals surface area (Å²) in [6.07, 6.45) is 46.8. The monoisotopic (exact) mass is 628 g/mol. The summed E-state index contributed by atoms with van der Waals surface area (Å²) in [4.78, 5) is 0. The molecular formula is C40H86NOP. The Morgan fingerprint density at radius 2 is 0.488 bits per heavy atom.